The normalized spacial score (nSPS) is 14.6. The van der Waals surface area contributed by atoms with Gasteiger partial charge in [0.25, 0.3) is 5.91 Å². The van der Waals surface area contributed by atoms with E-state index >= 15 is 0 Å². The summed E-state index contributed by atoms with van der Waals surface area (Å²) in [5.41, 5.74) is 4.51. The molecular weight excluding hydrogens is 866 g/mol. The monoisotopic (exact) mass is 931 g/mol. The van der Waals surface area contributed by atoms with Crippen molar-refractivity contribution in [3.8, 4) is 22.4 Å². The van der Waals surface area contributed by atoms with E-state index in [4.69, 9.17) is 18.9 Å². The zero-order chi connectivity index (χ0) is 47.6. The van der Waals surface area contributed by atoms with Crippen LogP contribution in [0.3, 0.4) is 0 Å². The molecular formula is C51H66FN3O10S. The molecule has 13 nitrogen and oxygen atoms in total. The van der Waals surface area contributed by atoms with Gasteiger partial charge in [-0.3, -0.25) is 19.2 Å². The molecule has 4 aromatic rings. The second kappa shape index (κ2) is 25.5. The van der Waals surface area contributed by atoms with Gasteiger partial charge >= 0.3 is 17.9 Å². The van der Waals surface area contributed by atoms with E-state index in [9.17, 15) is 32.0 Å². The maximum absolute atomic E-state index is 14.5. The van der Waals surface area contributed by atoms with Gasteiger partial charge in [0.1, 0.15) is 18.0 Å². The van der Waals surface area contributed by atoms with Crippen LogP contribution in [0.15, 0.2) is 84.9 Å². The second-order valence-corrected chi connectivity index (χ2v) is 19.3. The number of aromatic nitrogens is 1. The zero-order valence-corrected chi connectivity index (χ0v) is 39.8. The van der Waals surface area contributed by atoms with E-state index < -0.39 is 51.2 Å². The lowest BCUT2D eigenvalue weighted by Gasteiger charge is -2.30. The average molecular weight is 932 g/mol. The van der Waals surface area contributed by atoms with Crippen LogP contribution in [0, 0.1) is 5.82 Å². The van der Waals surface area contributed by atoms with Gasteiger partial charge < -0.3 is 28.8 Å². The minimum absolute atomic E-state index is 0.0118. The number of halogens is 1. The van der Waals surface area contributed by atoms with Crippen LogP contribution in [-0.4, -0.2) is 91.5 Å². The Hall–Kier alpha value is -5.38. The molecule has 3 aromatic carbocycles. The van der Waals surface area contributed by atoms with E-state index in [-0.39, 0.29) is 44.2 Å². The summed E-state index contributed by atoms with van der Waals surface area (Å²) in [5.74, 6) is -2.72. The summed E-state index contributed by atoms with van der Waals surface area (Å²) in [6.07, 6.45) is 2.77. The Morgan fingerprint density at radius 1 is 0.773 bits per heavy atom. The van der Waals surface area contributed by atoms with E-state index in [0.29, 0.717) is 92.2 Å². The Bertz CT molecular complexity index is 2300. The highest BCUT2D eigenvalue weighted by molar-refractivity contribution is 7.89. The molecule has 1 aliphatic rings. The molecule has 1 saturated heterocycles. The number of carbonyl (C=O) groups is 4. The minimum Gasteiger partial charge on any atom is -0.466 e. The molecule has 2 heterocycles. The lowest BCUT2D eigenvalue weighted by atomic mass is 9.94. The molecule has 0 aliphatic carbocycles. The van der Waals surface area contributed by atoms with Gasteiger partial charge in [-0.1, -0.05) is 95.0 Å². The van der Waals surface area contributed by atoms with E-state index in [1.807, 2.05) is 73.9 Å². The summed E-state index contributed by atoms with van der Waals surface area (Å²) >= 11 is 0. The first-order chi connectivity index (χ1) is 31.7. The van der Waals surface area contributed by atoms with Crippen molar-refractivity contribution in [2.45, 2.75) is 129 Å². The quantitative estimate of drug-likeness (QED) is 0.0385. The number of rotatable bonds is 25. The van der Waals surface area contributed by atoms with Crippen LogP contribution in [0.1, 0.15) is 121 Å². The van der Waals surface area contributed by atoms with Crippen LogP contribution in [0.25, 0.3) is 22.4 Å². The Labute approximate surface area is 389 Å². The molecule has 0 unspecified atom stereocenters. The van der Waals surface area contributed by atoms with Crippen molar-refractivity contribution in [1.82, 2.24) is 8.87 Å². The van der Waals surface area contributed by atoms with E-state index in [1.165, 1.54) is 26.0 Å². The molecule has 0 radical (unpaired) electrons. The highest BCUT2D eigenvalue weighted by atomic mass is 32.2. The van der Waals surface area contributed by atoms with Gasteiger partial charge in [0.05, 0.1) is 42.7 Å². The minimum atomic E-state index is -3.45. The maximum atomic E-state index is 14.5. The first-order valence-corrected chi connectivity index (χ1v) is 24.7. The smallest absolute Gasteiger partial charge is 0.309 e. The van der Waals surface area contributed by atoms with Gasteiger partial charge in [0, 0.05) is 63.3 Å². The van der Waals surface area contributed by atoms with E-state index in [2.05, 4.69) is 5.32 Å². The number of anilines is 1. The molecule has 1 amide bonds. The highest BCUT2D eigenvalue weighted by Gasteiger charge is 2.34. The summed E-state index contributed by atoms with van der Waals surface area (Å²) in [5, 5.41) is 2.60. The van der Waals surface area contributed by atoms with Crippen molar-refractivity contribution < 1.29 is 50.9 Å². The van der Waals surface area contributed by atoms with Gasteiger partial charge in [0.2, 0.25) is 10.0 Å². The van der Waals surface area contributed by atoms with Crippen molar-refractivity contribution >= 4 is 39.5 Å². The molecule has 3 atom stereocenters. The Balaban J connectivity index is 1.33. The van der Waals surface area contributed by atoms with Gasteiger partial charge in [-0.2, -0.15) is 4.31 Å². The molecule has 1 aliphatic heterocycles. The Kier molecular flexibility index (Phi) is 19.9. The summed E-state index contributed by atoms with van der Waals surface area (Å²) in [6.45, 7) is 10.4. The number of unbranched alkanes of at least 4 members (excludes halogenated alkanes) is 3. The Morgan fingerprint density at radius 2 is 1.39 bits per heavy atom. The predicted octanol–water partition coefficient (Wildman–Crippen LogP) is 9.70. The summed E-state index contributed by atoms with van der Waals surface area (Å²) in [4.78, 5) is 52.7. The lowest BCUT2D eigenvalue weighted by molar-refractivity contribution is -0.157. The Morgan fingerprint density at radius 3 is 2.02 bits per heavy atom. The number of morpholine rings is 1. The highest BCUT2D eigenvalue weighted by Crippen LogP contribution is 2.43. The predicted molar refractivity (Wildman–Crippen MR) is 253 cm³/mol. The number of sulfonamides is 1. The zero-order valence-electron chi connectivity index (χ0n) is 39.0. The number of para-hydroxylation sites is 1. The number of hydrogen-bond acceptors (Lipinski definition) is 10. The van der Waals surface area contributed by atoms with Crippen LogP contribution in [0.5, 0.6) is 0 Å². The topological polar surface area (TPSA) is 160 Å². The molecule has 1 aromatic heterocycles. The molecule has 0 saturated carbocycles. The van der Waals surface area contributed by atoms with E-state index in [1.54, 1.807) is 28.6 Å². The molecule has 66 heavy (non-hydrogen) atoms. The van der Waals surface area contributed by atoms with Crippen molar-refractivity contribution in [1.29, 1.82) is 0 Å². The van der Waals surface area contributed by atoms with Crippen LogP contribution >= 0.6 is 0 Å². The largest absolute Gasteiger partial charge is 0.466 e. The maximum Gasteiger partial charge on any atom is 0.309 e. The number of nitrogens with zero attached hydrogens (tertiary/aromatic N) is 2. The fourth-order valence-electron chi connectivity index (χ4n) is 8.61. The molecule has 1 N–H and O–H groups in total. The SMILES string of the molecule is CCCC[C@H](CCCCCOC(=O)C[C@@H](C[C@@H](CCn1c(-c2ccc(F)cc2)c(-c2ccccc2)c(C(=O)Nc2ccccc2)c1C(C)C)OC(C)=O)OC(C)=O)S(=O)(=O)N1CCOCC1. The number of nitrogens with one attached hydrogen (secondary N) is 1. The number of amides is 1. The van der Waals surface area contributed by atoms with Crippen molar-refractivity contribution in [3.63, 3.8) is 0 Å². The number of carbonyl (C=O) groups excluding carboxylic acids is 4. The fraction of sp³-hybridized carbons (Fsp3) is 0.490. The van der Waals surface area contributed by atoms with Crippen LogP contribution < -0.4 is 5.32 Å². The van der Waals surface area contributed by atoms with Crippen molar-refractivity contribution in [2.24, 2.45) is 0 Å². The summed E-state index contributed by atoms with van der Waals surface area (Å²) < 4.78 is 67.2. The van der Waals surface area contributed by atoms with Crippen LogP contribution in [0.2, 0.25) is 0 Å². The first-order valence-electron chi connectivity index (χ1n) is 23.2. The number of esters is 3. The number of ether oxygens (including phenoxy) is 4. The van der Waals surface area contributed by atoms with Gasteiger partial charge in [-0.25, -0.2) is 12.8 Å². The molecule has 15 heteroatoms. The van der Waals surface area contributed by atoms with Gasteiger partial charge in [0.15, 0.2) is 0 Å². The number of benzene rings is 3. The van der Waals surface area contributed by atoms with E-state index in [0.717, 1.165) is 18.4 Å². The van der Waals surface area contributed by atoms with Crippen molar-refractivity contribution in [2.75, 3.05) is 38.2 Å². The van der Waals surface area contributed by atoms with Crippen molar-refractivity contribution in [3.05, 3.63) is 102 Å². The standard InChI is InChI=1S/C51H66FN3O10S/c1-6-7-21-45(66(60,61)54-29-32-62-33-30-54)22-15-10-16-31-63-46(58)35-44(65-38(5)57)34-43(64-37(4)56)27-28-55-49(36(2)3)48(51(59)53-42-19-13-9-14-20-42)47(39-17-11-8-12-18-39)50(55)40-23-25-41(52)26-24-40/h8-9,11-14,17-20,23-26,36,43-45H,6-7,10,15-16,21-22,27-35H2,1-5H3,(H,53,59)/t43-,44-,45-/m1/s1. The van der Waals surface area contributed by atoms with Crippen LogP contribution in [-0.2, 0) is 49.9 Å². The third kappa shape index (κ3) is 14.8. The lowest BCUT2D eigenvalue weighted by Crippen LogP contribution is -2.45. The van der Waals surface area contributed by atoms with Gasteiger partial charge in [-0.05, 0) is 72.7 Å². The summed E-state index contributed by atoms with van der Waals surface area (Å²) in [7, 11) is -3.45. The molecule has 5 rings (SSSR count). The van der Waals surface area contributed by atoms with Gasteiger partial charge in [-0.15, -0.1) is 0 Å². The fourth-order valence-corrected chi connectivity index (χ4v) is 10.6. The third-order valence-electron chi connectivity index (χ3n) is 11.6. The third-order valence-corrected chi connectivity index (χ3v) is 14.0. The second-order valence-electron chi connectivity index (χ2n) is 17.1. The molecule has 1 fully saturated rings. The number of hydrogen-bond donors (Lipinski definition) is 1. The average Bonchev–Trinajstić information content (AvgIpc) is 3.64. The summed E-state index contributed by atoms with van der Waals surface area (Å²) in [6, 6.07) is 24.7. The molecule has 0 bridgehead atoms. The van der Waals surface area contributed by atoms with Crippen LogP contribution in [0.4, 0.5) is 10.1 Å². The molecule has 358 valence electrons. The molecule has 0 spiro atoms. The first kappa shape index (κ1) is 51.6.